The number of carbonyl (C=O) groups is 3. The summed E-state index contributed by atoms with van der Waals surface area (Å²) in [5, 5.41) is 5.37. The SMILES string of the molecule is Cc1ccc(CNC(=O)COC(=O)CNC(=O)c2ccc(Cl)c(Cl)c2)cc1F. The van der Waals surface area contributed by atoms with Gasteiger partial charge in [0.05, 0.1) is 10.0 Å². The first-order chi connectivity index (χ1) is 13.3. The van der Waals surface area contributed by atoms with Crippen LogP contribution in [0, 0.1) is 12.7 Å². The van der Waals surface area contributed by atoms with Crippen LogP contribution in [-0.4, -0.2) is 30.9 Å². The van der Waals surface area contributed by atoms with Crippen molar-refractivity contribution in [3.63, 3.8) is 0 Å². The van der Waals surface area contributed by atoms with Crippen molar-refractivity contribution in [2.45, 2.75) is 13.5 Å². The molecule has 2 N–H and O–H groups in total. The second-order valence-corrected chi connectivity index (χ2v) is 6.65. The van der Waals surface area contributed by atoms with Crippen molar-refractivity contribution in [1.82, 2.24) is 10.6 Å². The molecule has 0 saturated carbocycles. The highest BCUT2D eigenvalue weighted by molar-refractivity contribution is 6.42. The molecule has 148 valence electrons. The third kappa shape index (κ3) is 6.51. The van der Waals surface area contributed by atoms with E-state index in [1.807, 2.05) is 0 Å². The van der Waals surface area contributed by atoms with Gasteiger partial charge in [0.25, 0.3) is 11.8 Å². The summed E-state index contributed by atoms with van der Waals surface area (Å²) in [6.45, 7) is 0.796. The van der Waals surface area contributed by atoms with Gasteiger partial charge < -0.3 is 15.4 Å². The van der Waals surface area contributed by atoms with E-state index >= 15 is 0 Å². The fourth-order valence-electron chi connectivity index (χ4n) is 2.09. The van der Waals surface area contributed by atoms with Crippen LogP contribution in [0.3, 0.4) is 0 Å². The Morgan fingerprint density at radius 3 is 2.46 bits per heavy atom. The van der Waals surface area contributed by atoms with Crippen LogP contribution in [0.4, 0.5) is 4.39 Å². The molecule has 2 aromatic carbocycles. The number of halogens is 3. The van der Waals surface area contributed by atoms with Crippen LogP contribution in [0.15, 0.2) is 36.4 Å². The maximum atomic E-state index is 13.4. The van der Waals surface area contributed by atoms with E-state index in [1.54, 1.807) is 19.1 Å². The molecule has 0 aliphatic carbocycles. The largest absolute Gasteiger partial charge is 0.454 e. The number of carbonyl (C=O) groups excluding carboxylic acids is 3. The summed E-state index contributed by atoms with van der Waals surface area (Å²) in [6.07, 6.45) is 0. The van der Waals surface area contributed by atoms with Gasteiger partial charge in [0.2, 0.25) is 0 Å². The molecule has 0 saturated heterocycles. The van der Waals surface area contributed by atoms with Crippen molar-refractivity contribution >= 4 is 41.0 Å². The molecule has 0 aliphatic rings. The van der Waals surface area contributed by atoms with Crippen molar-refractivity contribution in [2.24, 2.45) is 0 Å². The van der Waals surface area contributed by atoms with Crippen LogP contribution in [0.1, 0.15) is 21.5 Å². The van der Waals surface area contributed by atoms with E-state index in [4.69, 9.17) is 27.9 Å². The summed E-state index contributed by atoms with van der Waals surface area (Å²) >= 11 is 11.6. The van der Waals surface area contributed by atoms with E-state index in [-0.39, 0.29) is 22.9 Å². The Kier molecular flexibility index (Phi) is 7.78. The number of hydrogen-bond donors (Lipinski definition) is 2. The second kappa shape index (κ2) is 10.1. The van der Waals surface area contributed by atoms with Gasteiger partial charge in [0, 0.05) is 12.1 Å². The fraction of sp³-hybridized carbons (Fsp3) is 0.211. The molecular weight excluding hydrogens is 410 g/mol. The van der Waals surface area contributed by atoms with Crippen LogP contribution >= 0.6 is 23.2 Å². The summed E-state index contributed by atoms with van der Waals surface area (Å²) in [4.78, 5) is 35.3. The van der Waals surface area contributed by atoms with Gasteiger partial charge >= 0.3 is 5.97 Å². The number of aryl methyl sites for hydroxylation is 1. The molecular formula is C19H17Cl2FN2O4. The lowest BCUT2D eigenvalue weighted by atomic mass is 10.1. The van der Waals surface area contributed by atoms with Crippen molar-refractivity contribution < 1.29 is 23.5 Å². The van der Waals surface area contributed by atoms with Crippen LogP contribution in [0.5, 0.6) is 0 Å². The van der Waals surface area contributed by atoms with E-state index in [0.717, 1.165) is 0 Å². The van der Waals surface area contributed by atoms with Gasteiger partial charge in [-0.2, -0.15) is 0 Å². The van der Waals surface area contributed by atoms with E-state index in [0.29, 0.717) is 16.1 Å². The highest BCUT2D eigenvalue weighted by Crippen LogP contribution is 2.22. The van der Waals surface area contributed by atoms with E-state index in [9.17, 15) is 18.8 Å². The summed E-state index contributed by atoms with van der Waals surface area (Å²) in [5.41, 5.74) is 1.31. The number of benzene rings is 2. The summed E-state index contributed by atoms with van der Waals surface area (Å²) in [7, 11) is 0. The maximum absolute atomic E-state index is 13.4. The third-order valence-corrected chi connectivity index (χ3v) is 4.40. The highest BCUT2D eigenvalue weighted by Gasteiger charge is 2.12. The molecule has 0 aliphatic heterocycles. The van der Waals surface area contributed by atoms with Crippen LogP contribution in [0.25, 0.3) is 0 Å². The predicted octanol–water partition coefficient (Wildman–Crippen LogP) is 3.03. The Hall–Kier alpha value is -2.64. The molecule has 0 radical (unpaired) electrons. The number of esters is 1. The van der Waals surface area contributed by atoms with Gasteiger partial charge in [-0.15, -0.1) is 0 Å². The highest BCUT2D eigenvalue weighted by atomic mass is 35.5. The normalized spacial score (nSPS) is 10.3. The van der Waals surface area contributed by atoms with Crippen molar-refractivity contribution in [2.75, 3.05) is 13.2 Å². The molecule has 9 heteroatoms. The number of amides is 2. The Labute approximate surface area is 171 Å². The number of hydrogen-bond acceptors (Lipinski definition) is 4. The molecule has 0 fully saturated rings. The molecule has 2 aromatic rings. The molecule has 0 bridgehead atoms. The lowest BCUT2D eigenvalue weighted by molar-refractivity contribution is -0.147. The first-order valence-electron chi connectivity index (χ1n) is 8.17. The number of rotatable bonds is 7. The van der Waals surface area contributed by atoms with E-state index in [2.05, 4.69) is 10.6 Å². The minimum Gasteiger partial charge on any atom is -0.454 e. The second-order valence-electron chi connectivity index (χ2n) is 5.83. The molecule has 0 unspecified atom stereocenters. The minimum atomic E-state index is -0.787. The van der Waals surface area contributed by atoms with Gasteiger partial charge in [0.15, 0.2) is 6.61 Å². The Morgan fingerprint density at radius 1 is 1.04 bits per heavy atom. The first kappa shape index (κ1) is 21.7. The first-order valence-corrected chi connectivity index (χ1v) is 8.92. The maximum Gasteiger partial charge on any atom is 0.325 e. The fourth-order valence-corrected chi connectivity index (χ4v) is 2.39. The summed E-state index contributed by atoms with van der Waals surface area (Å²) in [6, 6.07) is 8.89. The number of ether oxygens (including phenoxy) is 1. The average molecular weight is 427 g/mol. The van der Waals surface area contributed by atoms with E-state index < -0.39 is 30.9 Å². The molecule has 6 nitrogen and oxygen atoms in total. The Balaban J connectivity index is 1.71. The van der Waals surface area contributed by atoms with Gasteiger partial charge in [-0.25, -0.2) is 4.39 Å². The summed E-state index contributed by atoms with van der Waals surface area (Å²) in [5.74, 6) is -2.24. The minimum absolute atomic E-state index is 0.0989. The van der Waals surface area contributed by atoms with Crippen LogP contribution < -0.4 is 10.6 Å². The third-order valence-electron chi connectivity index (χ3n) is 3.67. The van der Waals surface area contributed by atoms with Crippen LogP contribution in [-0.2, 0) is 20.9 Å². The summed E-state index contributed by atoms with van der Waals surface area (Å²) < 4.78 is 18.2. The van der Waals surface area contributed by atoms with Gasteiger partial charge in [-0.05, 0) is 42.3 Å². The molecule has 0 aromatic heterocycles. The zero-order chi connectivity index (χ0) is 20.7. The topological polar surface area (TPSA) is 84.5 Å². The lowest BCUT2D eigenvalue weighted by Gasteiger charge is -2.08. The van der Waals surface area contributed by atoms with Crippen LogP contribution in [0.2, 0.25) is 10.0 Å². The van der Waals surface area contributed by atoms with Crippen molar-refractivity contribution in [3.05, 3.63) is 69.0 Å². The number of nitrogens with one attached hydrogen (secondary N) is 2. The monoisotopic (exact) mass is 426 g/mol. The molecule has 28 heavy (non-hydrogen) atoms. The van der Waals surface area contributed by atoms with Gasteiger partial charge in [-0.3, -0.25) is 14.4 Å². The quantitative estimate of drug-likeness (QED) is 0.666. The van der Waals surface area contributed by atoms with Gasteiger partial charge in [0.1, 0.15) is 12.4 Å². The zero-order valence-corrected chi connectivity index (χ0v) is 16.4. The van der Waals surface area contributed by atoms with Crippen molar-refractivity contribution in [3.8, 4) is 0 Å². The van der Waals surface area contributed by atoms with E-state index in [1.165, 1.54) is 24.3 Å². The molecule has 0 heterocycles. The van der Waals surface area contributed by atoms with Gasteiger partial charge in [-0.1, -0.05) is 35.3 Å². The molecule has 2 amide bonds. The Morgan fingerprint density at radius 2 is 1.79 bits per heavy atom. The van der Waals surface area contributed by atoms with Crippen molar-refractivity contribution in [1.29, 1.82) is 0 Å². The predicted molar refractivity (Wildman–Crippen MR) is 103 cm³/mol. The standard InChI is InChI=1S/C19H17Cl2FN2O4/c1-11-2-3-12(6-16(11)22)8-23-17(25)10-28-18(26)9-24-19(27)13-4-5-14(20)15(21)7-13/h2-7H,8-10H2,1H3,(H,23,25)(H,24,27). The molecule has 0 atom stereocenters. The average Bonchev–Trinajstić information content (AvgIpc) is 2.67. The zero-order valence-electron chi connectivity index (χ0n) is 14.9. The lowest BCUT2D eigenvalue weighted by Crippen LogP contribution is -2.33. The Bertz CT molecular complexity index is 905. The molecule has 2 rings (SSSR count). The smallest absolute Gasteiger partial charge is 0.325 e. The molecule has 0 spiro atoms.